The van der Waals surface area contributed by atoms with Gasteiger partial charge in [-0.2, -0.15) is 0 Å². The molecule has 0 spiro atoms. The van der Waals surface area contributed by atoms with Crippen LogP contribution in [-0.4, -0.2) is 40.9 Å². The van der Waals surface area contributed by atoms with E-state index in [1.54, 1.807) is 0 Å². The number of carboxylic acids is 1. The zero-order chi connectivity index (χ0) is 15.6. The summed E-state index contributed by atoms with van der Waals surface area (Å²) in [6.07, 6.45) is 5.09. The Morgan fingerprint density at radius 1 is 1.27 bits per heavy atom. The molecule has 0 saturated carbocycles. The summed E-state index contributed by atoms with van der Waals surface area (Å²) >= 11 is 0. The third kappa shape index (κ3) is 2.99. The Kier molecular flexibility index (Phi) is 4.15. The van der Waals surface area contributed by atoms with Crippen molar-refractivity contribution in [3.63, 3.8) is 0 Å². The van der Waals surface area contributed by atoms with Crippen LogP contribution in [0.4, 0.5) is 0 Å². The second-order valence-electron chi connectivity index (χ2n) is 6.10. The minimum Gasteiger partial charge on any atom is -0.481 e. The second-order valence-corrected chi connectivity index (χ2v) is 6.10. The van der Waals surface area contributed by atoms with E-state index in [9.17, 15) is 9.59 Å². The molecule has 3 rings (SSSR count). The van der Waals surface area contributed by atoms with Crippen LogP contribution in [0.25, 0.3) is 0 Å². The monoisotopic (exact) mass is 308 g/mol. The normalized spacial score (nSPS) is 24.5. The Morgan fingerprint density at radius 3 is 2.82 bits per heavy atom. The van der Waals surface area contributed by atoms with Gasteiger partial charge in [0.2, 0.25) is 0 Å². The number of carbonyl (C=O) groups excluding carboxylic acids is 1. The van der Waals surface area contributed by atoms with Crippen molar-refractivity contribution < 1.29 is 24.0 Å². The third-order valence-corrected chi connectivity index (χ3v) is 4.39. The number of nitrogens with one attached hydrogen (secondary N) is 1. The average Bonchev–Trinajstić information content (AvgIpc) is 3.00. The zero-order valence-corrected chi connectivity index (χ0v) is 12.4. The Bertz CT molecular complexity index is 574. The number of fused-ring (bicyclic) bond motifs is 1. The molecule has 1 aromatic heterocycles. The van der Waals surface area contributed by atoms with Crippen molar-refractivity contribution >= 4 is 11.9 Å². The van der Waals surface area contributed by atoms with E-state index in [-0.39, 0.29) is 18.9 Å². The first-order valence-electron chi connectivity index (χ1n) is 7.69. The molecule has 1 amide bonds. The van der Waals surface area contributed by atoms with Gasteiger partial charge in [0.25, 0.3) is 5.91 Å². The topological polar surface area (TPSA) is 102 Å². The van der Waals surface area contributed by atoms with Crippen LogP contribution in [0, 0.1) is 0 Å². The minimum absolute atomic E-state index is 0.154. The summed E-state index contributed by atoms with van der Waals surface area (Å²) in [6.45, 7) is 0.662. The molecule has 120 valence electrons. The lowest BCUT2D eigenvalue weighted by Crippen LogP contribution is -2.50. The van der Waals surface area contributed by atoms with Gasteiger partial charge in [0.05, 0.1) is 18.6 Å². The first kappa shape index (κ1) is 15.0. The summed E-state index contributed by atoms with van der Waals surface area (Å²) in [7, 11) is 0. The van der Waals surface area contributed by atoms with Crippen LogP contribution < -0.4 is 5.32 Å². The lowest BCUT2D eigenvalue weighted by atomic mass is 9.93. The number of hydrogen-bond acceptors (Lipinski definition) is 5. The van der Waals surface area contributed by atoms with Crippen molar-refractivity contribution in [1.82, 2.24) is 10.5 Å². The Labute approximate surface area is 128 Å². The molecular formula is C15H20N2O5. The molecule has 2 heterocycles. The number of amides is 1. The molecule has 1 aromatic rings. The van der Waals surface area contributed by atoms with Gasteiger partial charge < -0.3 is 19.7 Å². The molecule has 1 aliphatic carbocycles. The van der Waals surface area contributed by atoms with Crippen LogP contribution in [0.2, 0.25) is 0 Å². The number of nitrogens with zero attached hydrogens (tertiary/aromatic N) is 1. The molecular weight excluding hydrogens is 288 g/mol. The molecule has 0 radical (unpaired) electrons. The SMILES string of the molecule is O=C(O)CC1(NC(=O)c2noc3c2CCCCC3)CCOC1. The van der Waals surface area contributed by atoms with Gasteiger partial charge in [0.15, 0.2) is 5.69 Å². The molecule has 1 atom stereocenters. The maximum atomic E-state index is 12.6. The van der Waals surface area contributed by atoms with Crippen LogP contribution in [-0.2, 0) is 22.4 Å². The minimum atomic E-state index is -0.954. The number of hydrogen-bond donors (Lipinski definition) is 2. The summed E-state index contributed by atoms with van der Waals surface area (Å²) in [4.78, 5) is 23.6. The highest BCUT2D eigenvalue weighted by Gasteiger charge is 2.40. The number of aromatic nitrogens is 1. The van der Waals surface area contributed by atoms with Crippen molar-refractivity contribution in [1.29, 1.82) is 0 Å². The summed E-state index contributed by atoms with van der Waals surface area (Å²) < 4.78 is 10.6. The van der Waals surface area contributed by atoms with E-state index in [0.717, 1.165) is 43.4 Å². The Hall–Kier alpha value is -1.89. The summed E-state index contributed by atoms with van der Waals surface area (Å²) in [5, 5.41) is 15.8. The van der Waals surface area contributed by atoms with E-state index < -0.39 is 11.5 Å². The number of ether oxygens (including phenoxy) is 1. The molecule has 1 aliphatic heterocycles. The van der Waals surface area contributed by atoms with Gasteiger partial charge in [-0.25, -0.2) is 0 Å². The summed E-state index contributed by atoms with van der Waals surface area (Å²) in [6, 6.07) is 0. The first-order valence-corrected chi connectivity index (χ1v) is 7.69. The standard InChI is InChI=1S/C15H20N2O5/c18-12(19)8-15(6-7-21-9-15)16-14(20)13-10-4-2-1-3-5-11(10)22-17-13/h1-9H2,(H,16,20)(H,18,19). The lowest BCUT2D eigenvalue weighted by molar-refractivity contribution is -0.138. The average molecular weight is 308 g/mol. The van der Waals surface area contributed by atoms with Gasteiger partial charge in [-0.15, -0.1) is 0 Å². The van der Waals surface area contributed by atoms with E-state index in [1.807, 2.05) is 0 Å². The number of aliphatic carboxylic acids is 1. The van der Waals surface area contributed by atoms with Crippen molar-refractivity contribution in [2.75, 3.05) is 13.2 Å². The maximum absolute atomic E-state index is 12.6. The highest BCUT2D eigenvalue weighted by atomic mass is 16.5. The number of carboxylic acid groups (broad SMARTS) is 1. The van der Waals surface area contributed by atoms with Gasteiger partial charge in [-0.1, -0.05) is 11.6 Å². The van der Waals surface area contributed by atoms with Gasteiger partial charge in [-0.05, 0) is 25.7 Å². The molecule has 0 bridgehead atoms. The smallest absolute Gasteiger partial charge is 0.305 e. The lowest BCUT2D eigenvalue weighted by Gasteiger charge is -2.26. The van der Waals surface area contributed by atoms with Crippen molar-refractivity contribution in [3.05, 3.63) is 17.0 Å². The number of aryl methyl sites for hydroxylation is 1. The second kappa shape index (κ2) is 6.08. The maximum Gasteiger partial charge on any atom is 0.305 e. The molecule has 2 aliphatic rings. The van der Waals surface area contributed by atoms with E-state index in [0.29, 0.717) is 18.7 Å². The largest absolute Gasteiger partial charge is 0.481 e. The van der Waals surface area contributed by atoms with Gasteiger partial charge in [0, 0.05) is 18.6 Å². The predicted molar refractivity (Wildman–Crippen MR) is 75.6 cm³/mol. The van der Waals surface area contributed by atoms with Gasteiger partial charge in [-0.3, -0.25) is 9.59 Å². The Balaban J connectivity index is 1.79. The molecule has 22 heavy (non-hydrogen) atoms. The van der Waals surface area contributed by atoms with E-state index in [1.165, 1.54) is 0 Å². The predicted octanol–water partition coefficient (Wildman–Crippen LogP) is 1.31. The van der Waals surface area contributed by atoms with Gasteiger partial charge >= 0.3 is 5.97 Å². The van der Waals surface area contributed by atoms with Crippen molar-refractivity contribution in [2.45, 2.75) is 50.5 Å². The van der Waals surface area contributed by atoms with E-state index in [2.05, 4.69) is 10.5 Å². The molecule has 0 aromatic carbocycles. The van der Waals surface area contributed by atoms with E-state index >= 15 is 0 Å². The van der Waals surface area contributed by atoms with Crippen LogP contribution in [0.5, 0.6) is 0 Å². The third-order valence-electron chi connectivity index (χ3n) is 4.39. The highest BCUT2D eigenvalue weighted by Crippen LogP contribution is 2.26. The van der Waals surface area contributed by atoms with E-state index in [4.69, 9.17) is 14.4 Å². The summed E-state index contributed by atoms with van der Waals surface area (Å²) in [5.74, 6) is -0.527. The fourth-order valence-electron chi connectivity index (χ4n) is 3.22. The fraction of sp³-hybridized carbons (Fsp3) is 0.667. The van der Waals surface area contributed by atoms with Crippen LogP contribution in [0.3, 0.4) is 0 Å². The van der Waals surface area contributed by atoms with Crippen molar-refractivity contribution in [3.8, 4) is 0 Å². The Morgan fingerprint density at radius 2 is 2.09 bits per heavy atom. The molecule has 2 N–H and O–H groups in total. The fourth-order valence-corrected chi connectivity index (χ4v) is 3.22. The quantitative estimate of drug-likeness (QED) is 0.813. The number of carbonyl (C=O) groups is 2. The molecule has 1 saturated heterocycles. The van der Waals surface area contributed by atoms with Crippen LogP contribution >= 0.6 is 0 Å². The summed E-state index contributed by atoms with van der Waals surface area (Å²) in [5.41, 5.74) is 0.326. The molecule has 1 fully saturated rings. The number of rotatable bonds is 4. The highest BCUT2D eigenvalue weighted by molar-refractivity contribution is 5.94. The van der Waals surface area contributed by atoms with Crippen molar-refractivity contribution in [2.24, 2.45) is 0 Å². The first-order chi connectivity index (χ1) is 10.6. The zero-order valence-electron chi connectivity index (χ0n) is 12.4. The molecule has 1 unspecified atom stereocenters. The molecule has 7 heteroatoms. The van der Waals surface area contributed by atoms with Crippen LogP contribution in [0.1, 0.15) is 53.9 Å². The molecule has 7 nitrogen and oxygen atoms in total. The van der Waals surface area contributed by atoms with Gasteiger partial charge in [0.1, 0.15) is 5.76 Å². The van der Waals surface area contributed by atoms with Crippen LogP contribution in [0.15, 0.2) is 4.52 Å².